The number of halogens is 4. The van der Waals surface area contributed by atoms with Crippen molar-refractivity contribution in [3.8, 4) is 11.8 Å². The summed E-state index contributed by atoms with van der Waals surface area (Å²) in [6.07, 6.45) is -4.35. The lowest BCUT2D eigenvalue weighted by molar-refractivity contribution is -0.119. The first-order valence-electron chi connectivity index (χ1n) is 5.24. The molecule has 0 unspecified atom stereocenters. The first kappa shape index (κ1) is 15.8. The first-order chi connectivity index (χ1) is 8.89. The van der Waals surface area contributed by atoms with Crippen LogP contribution < -0.4 is 14.4 Å². The van der Waals surface area contributed by atoms with E-state index in [1.165, 1.54) is 20.3 Å². The monoisotopic (exact) mass is 343 g/mol. The molecule has 0 saturated heterocycles. The van der Waals surface area contributed by atoms with Crippen molar-refractivity contribution in [2.24, 2.45) is 0 Å². The van der Waals surface area contributed by atoms with Crippen LogP contribution in [0.15, 0.2) is 6.07 Å². The third-order valence-corrected chi connectivity index (χ3v) is 2.45. The molecule has 0 aliphatic heterocycles. The second kappa shape index (κ2) is 6.78. The maximum Gasteiger partial charge on any atom is 0.406 e. The molecule has 108 valence electrons. The van der Waals surface area contributed by atoms with Gasteiger partial charge in [0.15, 0.2) is 0 Å². The van der Waals surface area contributed by atoms with Gasteiger partial charge in [-0.3, -0.25) is 0 Å². The van der Waals surface area contributed by atoms with Gasteiger partial charge in [-0.15, -0.1) is 0 Å². The van der Waals surface area contributed by atoms with Crippen molar-refractivity contribution in [1.29, 1.82) is 0 Å². The maximum absolute atomic E-state index is 12.5. The van der Waals surface area contributed by atoms with Gasteiger partial charge in [-0.25, -0.2) is 0 Å². The SMILES string of the molecule is COc1cc(OC)nc(N(CCBr)CC(F)(F)F)n1. The van der Waals surface area contributed by atoms with Gasteiger partial charge in [0.1, 0.15) is 6.54 Å². The summed E-state index contributed by atoms with van der Waals surface area (Å²) in [6, 6.07) is 1.39. The van der Waals surface area contributed by atoms with Crippen LogP contribution >= 0.6 is 15.9 Å². The van der Waals surface area contributed by atoms with Crippen molar-refractivity contribution < 1.29 is 22.6 Å². The molecule has 19 heavy (non-hydrogen) atoms. The first-order valence-corrected chi connectivity index (χ1v) is 6.36. The minimum Gasteiger partial charge on any atom is -0.481 e. The van der Waals surface area contributed by atoms with Crippen LogP contribution in [-0.4, -0.2) is 48.8 Å². The Labute approximate surface area is 116 Å². The highest BCUT2D eigenvalue weighted by Crippen LogP contribution is 2.24. The van der Waals surface area contributed by atoms with Crippen LogP contribution in [0.1, 0.15) is 0 Å². The summed E-state index contributed by atoms with van der Waals surface area (Å²) in [7, 11) is 2.73. The van der Waals surface area contributed by atoms with Crippen LogP contribution in [-0.2, 0) is 0 Å². The molecule has 1 aromatic rings. The molecule has 0 atom stereocenters. The highest BCUT2D eigenvalue weighted by molar-refractivity contribution is 9.09. The second-order valence-electron chi connectivity index (χ2n) is 3.48. The Hall–Kier alpha value is -1.25. The molecule has 1 aromatic heterocycles. The highest BCUT2D eigenvalue weighted by Gasteiger charge is 2.32. The molecule has 0 aliphatic rings. The lowest BCUT2D eigenvalue weighted by Crippen LogP contribution is -2.36. The number of ether oxygens (including phenoxy) is 2. The van der Waals surface area contributed by atoms with Crippen molar-refractivity contribution in [3.63, 3.8) is 0 Å². The molecular formula is C10H13BrF3N3O2. The summed E-state index contributed by atoms with van der Waals surface area (Å²) in [5.74, 6) is 0.195. The second-order valence-corrected chi connectivity index (χ2v) is 4.27. The molecule has 1 rings (SSSR count). The number of alkyl halides is 4. The van der Waals surface area contributed by atoms with E-state index in [0.29, 0.717) is 5.33 Å². The number of hydrogen-bond acceptors (Lipinski definition) is 5. The third kappa shape index (κ3) is 5.09. The number of rotatable bonds is 6. The quantitative estimate of drug-likeness (QED) is 0.741. The average Bonchev–Trinajstić information content (AvgIpc) is 2.36. The van der Waals surface area contributed by atoms with Gasteiger partial charge in [0.2, 0.25) is 17.7 Å². The smallest absolute Gasteiger partial charge is 0.406 e. The van der Waals surface area contributed by atoms with Gasteiger partial charge >= 0.3 is 6.18 Å². The maximum atomic E-state index is 12.5. The van der Waals surface area contributed by atoms with Crippen molar-refractivity contribution in [2.75, 3.05) is 37.5 Å². The van der Waals surface area contributed by atoms with E-state index in [1.54, 1.807) is 0 Å². The Kier molecular flexibility index (Phi) is 5.64. The number of hydrogen-bond donors (Lipinski definition) is 0. The van der Waals surface area contributed by atoms with E-state index in [0.717, 1.165) is 4.90 Å². The normalized spacial score (nSPS) is 11.3. The van der Waals surface area contributed by atoms with Gasteiger partial charge in [-0.1, -0.05) is 15.9 Å². The fourth-order valence-electron chi connectivity index (χ4n) is 1.31. The van der Waals surface area contributed by atoms with Crippen molar-refractivity contribution in [2.45, 2.75) is 6.18 Å². The molecule has 1 heterocycles. The molecule has 0 aromatic carbocycles. The van der Waals surface area contributed by atoms with Gasteiger partial charge in [-0.2, -0.15) is 23.1 Å². The third-order valence-electron chi connectivity index (χ3n) is 2.09. The van der Waals surface area contributed by atoms with Crippen molar-refractivity contribution in [1.82, 2.24) is 9.97 Å². The zero-order chi connectivity index (χ0) is 14.5. The van der Waals surface area contributed by atoms with Gasteiger partial charge in [0.25, 0.3) is 0 Å². The number of aromatic nitrogens is 2. The van der Waals surface area contributed by atoms with E-state index < -0.39 is 12.7 Å². The Morgan fingerprint density at radius 3 is 2.11 bits per heavy atom. The highest BCUT2D eigenvalue weighted by atomic mass is 79.9. The number of nitrogens with zero attached hydrogens (tertiary/aromatic N) is 3. The number of anilines is 1. The van der Waals surface area contributed by atoms with E-state index >= 15 is 0 Å². The Morgan fingerprint density at radius 1 is 1.21 bits per heavy atom. The van der Waals surface area contributed by atoms with Crippen LogP contribution in [0.5, 0.6) is 11.8 Å². The summed E-state index contributed by atoms with van der Waals surface area (Å²) >= 11 is 3.10. The molecule has 0 spiro atoms. The molecule has 9 heteroatoms. The predicted octanol–water partition coefficient (Wildman–Crippen LogP) is 2.26. The van der Waals surface area contributed by atoms with Crippen LogP contribution in [0.4, 0.5) is 19.1 Å². The Bertz CT molecular complexity index is 395. The van der Waals surface area contributed by atoms with E-state index in [1.807, 2.05) is 0 Å². The van der Waals surface area contributed by atoms with Gasteiger partial charge in [0, 0.05) is 11.9 Å². The lowest BCUT2D eigenvalue weighted by atomic mass is 10.5. The minimum atomic E-state index is -4.35. The van der Waals surface area contributed by atoms with Crippen LogP contribution in [0.3, 0.4) is 0 Å². The summed E-state index contributed by atoms with van der Waals surface area (Å²) < 4.78 is 47.3. The molecule has 0 aliphatic carbocycles. The van der Waals surface area contributed by atoms with Crippen molar-refractivity contribution in [3.05, 3.63) is 6.07 Å². The molecule has 5 nitrogen and oxygen atoms in total. The number of methoxy groups -OCH3 is 2. The van der Waals surface area contributed by atoms with Gasteiger partial charge in [-0.05, 0) is 0 Å². The zero-order valence-corrected chi connectivity index (χ0v) is 12.0. The topological polar surface area (TPSA) is 47.5 Å². The van der Waals surface area contributed by atoms with E-state index in [9.17, 15) is 13.2 Å². The molecular weight excluding hydrogens is 331 g/mol. The van der Waals surface area contributed by atoms with Gasteiger partial charge in [0.05, 0.1) is 20.3 Å². The summed E-state index contributed by atoms with van der Waals surface area (Å²) in [5.41, 5.74) is 0. The molecule has 0 N–H and O–H groups in total. The predicted molar refractivity (Wildman–Crippen MR) is 67.2 cm³/mol. The molecule has 0 fully saturated rings. The van der Waals surface area contributed by atoms with Crippen LogP contribution in [0, 0.1) is 0 Å². The average molecular weight is 344 g/mol. The fourth-order valence-corrected chi connectivity index (χ4v) is 1.74. The summed E-state index contributed by atoms with van der Waals surface area (Å²) in [6.45, 7) is -1.04. The zero-order valence-electron chi connectivity index (χ0n) is 10.4. The standard InChI is InChI=1S/C10H13BrF3N3O2/c1-18-7-5-8(19-2)16-9(15-7)17(4-3-11)6-10(12,13)14/h5H,3-4,6H2,1-2H3. The minimum absolute atomic E-state index is 0.0898. The van der Waals surface area contributed by atoms with Crippen LogP contribution in [0.25, 0.3) is 0 Å². The summed E-state index contributed by atoms with van der Waals surface area (Å²) in [4.78, 5) is 8.79. The van der Waals surface area contributed by atoms with Gasteiger partial charge < -0.3 is 14.4 Å². The van der Waals surface area contributed by atoms with Crippen molar-refractivity contribution >= 4 is 21.9 Å². The Balaban J connectivity index is 3.06. The fraction of sp³-hybridized carbons (Fsp3) is 0.600. The molecule has 0 bridgehead atoms. The molecule has 0 saturated carbocycles. The van der Waals surface area contributed by atoms with E-state index in [2.05, 4.69) is 25.9 Å². The Morgan fingerprint density at radius 2 is 1.74 bits per heavy atom. The van der Waals surface area contributed by atoms with E-state index in [-0.39, 0.29) is 24.3 Å². The lowest BCUT2D eigenvalue weighted by Gasteiger charge is -2.23. The largest absolute Gasteiger partial charge is 0.481 e. The molecule has 0 radical (unpaired) electrons. The van der Waals surface area contributed by atoms with Crippen LogP contribution in [0.2, 0.25) is 0 Å². The molecule has 0 amide bonds. The van der Waals surface area contributed by atoms with E-state index in [4.69, 9.17) is 9.47 Å². The summed E-state index contributed by atoms with van der Waals surface area (Å²) in [5, 5.41) is 0.353.